The van der Waals surface area contributed by atoms with Gasteiger partial charge < -0.3 is 10.4 Å². The fraction of sp³-hybridized carbons (Fsp3) is 0.333. The SMILES string of the molecule is CC(O)C(C)Nc1ccc(C#N)c(C#N)c1. The highest BCUT2D eigenvalue weighted by atomic mass is 16.3. The van der Waals surface area contributed by atoms with Crippen molar-refractivity contribution in [3.63, 3.8) is 0 Å². The summed E-state index contributed by atoms with van der Waals surface area (Å²) < 4.78 is 0. The van der Waals surface area contributed by atoms with E-state index in [4.69, 9.17) is 10.5 Å². The lowest BCUT2D eigenvalue weighted by Crippen LogP contribution is -2.27. The molecular weight excluding hydrogens is 202 g/mol. The Hall–Kier alpha value is -2.04. The maximum absolute atomic E-state index is 9.33. The van der Waals surface area contributed by atoms with Gasteiger partial charge in [0.2, 0.25) is 0 Å². The Morgan fingerprint density at radius 3 is 2.31 bits per heavy atom. The van der Waals surface area contributed by atoms with Crippen molar-refractivity contribution in [3.05, 3.63) is 29.3 Å². The molecule has 0 aliphatic heterocycles. The van der Waals surface area contributed by atoms with E-state index in [0.29, 0.717) is 11.1 Å². The zero-order valence-electron chi connectivity index (χ0n) is 9.23. The number of aliphatic hydroxyl groups is 1. The fourth-order valence-corrected chi connectivity index (χ4v) is 1.21. The largest absolute Gasteiger partial charge is 0.391 e. The molecule has 0 heterocycles. The first-order valence-corrected chi connectivity index (χ1v) is 4.97. The number of hydrogen-bond acceptors (Lipinski definition) is 4. The molecule has 0 fully saturated rings. The van der Waals surface area contributed by atoms with Crippen LogP contribution in [0.25, 0.3) is 0 Å². The second-order valence-electron chi connectivity index (χ2n) is 3.66. The first kappa shape index (κ1) is 12.0. The van der Waals surface area contributed by atoms with Crippen LogP contribution < -0.4 is 5.32 Å². The van der Waals surface area contributed by atoms with Crippen molar-refractivity contribution >= 4 is 5.69 Å². The van der Waals surface area contributed by atoms with Crippen LogP contribution >= 0.6 is 0 Å². The molecule has 0 aliphatic carbocycles. The van der Waals surface area contributed by atoms with Crippen LogP contribution in [0.4, 0.5) is 5.69 Å². The first-order chi connectivity index (χ1) is 7.58. The van der Waals surface area contributed by atoms with Crippen LogP contribution in [0.2, 0.25) is 0 Å². The molecule has 0 saturated carbocycles. The summed E-state index contributed by atoms with van der Waals surface area (Å²) in [6, 6.07) is 8.72. The number of nitriles is 2. The predicted molar refractivity (Wildman–Crippen MR) is 60.6 cm³/mol. The van der Waals surface area contributed by atoms with E-state index in [1.807, 2.05) is 19.1 Å². The van der Waals surface area contributed by atoms with Crippen LogP contribution in [0.1, 0.15) is 25.0 Å². The monoisotopic (exact) mass is 215 g/mol. The Labute approximate surface area is 94.8 Å². The van der Waals surface area contributed by atoms with E-state index in [2.05, 4.69) is 5.32 Å². The van der Waals surface area contributed by atoms with Crippen LogP contribution in [-0.2, 0) is 0 Å². The molecule has 0 bridgehead atoms. The minimum absolute atomic E-state index is 0.112. The summed E-state index contributed by atoms with van der Waals surface area (Å²) in [6.45, 7) is 3.53. The Bertz CT molecular complexity index is 454. The van der Waals surface area contributed by atoms with E-state index in [1.54, 1.807) is 25.1 Å². The fourth-order valence-electron chi connectivity index (χ4n) is 1.21. The number of benzene rings is 1. The summed E-state index contributed by atoms with van der Waals surface area (Å²) in [5.41, 5.74) is 1.42. The molecule has 0 spiro atoms. The Morgan fingerprint density at radius 2 is 1.81 bits per heavy atom. The third-order valence-corrected chi connectivity index (χ3v) is 2.38. The Balaban J connectivity index is 2.94. The Kier molecular flexibility index (Phi) is 3.88. The van der Waals surface area contributed by atoms with Crippen molar-refractivity contribution < 1.29 is 5.11 Å². The molecule has 0 radical (unpaired) electrons. The molecule has 1 rings (SSSR count). The van der Waals surface area contributed by atoms with Gasteiger partial charge in [-0.1, -0.05) is 0 Å². The van der Waals surface area contributed by atoms with Crippen LogP contribution in [0.5, 0.6) is 0 Å². The summed E-state index contributed by atoms with van der Waals surface area (Å²) in [4.78, 5) is 0. The normalized spacial score (nSPS) is 13.3. The van der Waals surface area contributed by atoms with Gasteiger partial charge in [0.05, 0.1) is 17.2 Å². The molecule has 0 amide bonds. The highest BCUT2D eigenvalue weighted by Crippen LogP contribution is 2.16. The number of nitrogens with one attached hydrogen (secondary N) is 1. The maximum Gasteiger partial charge on any atom is 0.101 e. The van der Waals surface area contributed by atoms with E-state index in [9.17, 15) is 5.11 Å². The standard InChI is InChI=1S/C12H13N3O/c1-8(9(2)16)15-12-4-3-10(6-13)11(5-12)7-14/h3-5,8-9,15-16H,1-2H3. The summed E-state index contributed by atoms with van der Waals surface area (Å²) >= 11 is 0. The lowest BCUT2D eigenvalue weighted by molar-refractivity contribution is 0.178. The van der Waals surface area contributed by atoms with Crippen LogP contribution in [0.3, 0.4) is 0 Å². The molecule has 2 N–H and O–H groups in total. The van der Waals surface area contributed by atoms with Crippen LogP contribution in [-0.4, -0.2) is 17.3 Å². The number of aliphatic hydroxyl groups excluding tert-OH is 1. The number of hydrogen-bond donors (Lipinski definition) is 2. The molecule has 1 aromatic rings. The van der Waals surface area contributed by atoms with E-state index < -0.39 is 6.10 Å². The topological polar surface area (TPSA) is 79.8 Å². The van der Waals surface area contributed by atoms with Crippen molar-refractivity contribution in [2.24, 2.45) is 0 Å². The molecule has 16 heavy (non-hydrogen) atoms. The lowest BCUT2D eigenvalue weighted by Gasteiger charge is -2.18. The highest BCUT2D eigenvalue weighted by molar-refractivity contribution is 5.56. The summed E-state index contributed by atoms with van der Waals surface area (Å²) in [6.07, 6.45) is -0.485. The third kappa shape index (κ3) is 2.73. The molecule has 4 heteroatoms. The third-order valence-electron chi connectivity index (χ3n) is 2.38. The molecular formula is C12H13N3O. The molecule has 0 aliphatic rings. The average Bonchev–Trinajstić information content (AvgIpc) is 2.28. The molecule has 2 atom stereocenters. The van der Waals surface area contributed by atoms with E-state index in [1.165, 1.54) is 0 Å². The van der Waals surface area contributed by atoms with Gasteiger partial charge in [0.1, 0.15) is 12.1 Å². The summed E-state index contributed by atoms with van der Waals surface area (Å²) in [5, 5.41) is 30.0. The molecule has 2 unspecified atom stereocenters. The Morgan fingerprint density at radius 1 is 1.19 bits per heavy atom. The van der Waals surface area contributed by atoms with Crippen molar-refractivity contribution in [3.8, 4) is 12.1 Å². The summed E-state index contributed by atoms with van der Waals surface area (Å²) in [7, 11) is 0. The van der Waals surface area contributed by atoms with Crippen LogP contribution in [0.15, 0.2) is 18.2 Å². The minimum atomic E-state index is -0.485. The summed E-state index contributed by atoms with van der Waals surface area (Å²) in [5.74, 6) is 0. The van der Waals surface area contributed by atoms with Gasteiger partial charge in [-0.05, 0) is 32.0 Å². The van der Waals surface area contributed by atoms with Gasteiger partial charge in [-0.2, -0.15) is 10.5 Å². The van der Waals surface area contributed by atoms with Gasteiger partial charge in [0.25, 0.3) is 0 Å². The van der Waals surface area contributed by atoms with Gasteiger partial charge in [0, 0.05) is 11.7 Å². The molecule has 0 saturated heterocycles. The molecule has 82 valence electrons. The van der Waals surface area contributed by atoms with Gasteiger partial charge in [-0.3, -0.25) is 0 Å². The molecule has 4 nitrogen and oxygen atoms in total. The van der Waals surface area contributed by atoms with Crippen molar-refractivity contribution in [1.29, 1.82) is 10.5 Å². The van der Waals surface area contributed by atoms with Crippen molar-refractivity contribution in [1.82, 2.24) is 0 Å². The zero-order chi connectivity index (χ0) is 12.1. The smallest absolute Gasteiger partial charge is 0.101 e. The van der Waals surface area contributed by atoms with Gasteiger partial charge in [-0.25, -0.2) is 0 Å². The molecule has 1 aromatic carbocycles. The number of nitrogens with zero attached hydrogens (tertiary/aromatic N) is 2. The van der Waals surface area contributed by atoms with Crippen molar-refractivity contribution in [2.45, 2.75) is 26.0 Å². The molecule has 0 aromatic heterocycles. The van der Waals surface area contributed by atoms with E-state index in [0.717, 1.165) is 5.69 Å². The van der Waals surface area contributed by atoms with E-state index >= 15 is 0 Å². The second-order valence-corrected chi connectivity index (χ2v) is 3.66. The highest BCUT2D eigenvalue weighted by Gasteiger charge is 2.09. The van der Waals surface area contributed by atoms with Gasteiger partial charge in [0.15, 0.2) is 0 Å². The lowest BCUT2D eigenvalue weighted by atomic mass is 10.1. The minimum Gasteiger partial charge on any atom is -0.391 e. The number of rotatable bonds is 3. The van der Waals surface area contributed by atoms with E-state index in [-0.39, 0.29) is 6.04 Å². The second kappa shape index (κ2) is 5.16. The average molecular weight is 215 g/mol. The number of anilines is 1. The van der Waals surface area contributed by atoms with Crippen LogP contribution in [0, 0.1) is 22.7 Å². The predicted octanol–water partition coefficient (Wildman–Crippen LogP) is 1.61. The zero-order valence-corrected chi connectivity index (χ0v) is 9.23. The van der Waals surface area contributed by atoms with Gasteiger partial charge >= 0.3 is 0 Å². The first-order valence-electron chi connectivity index (χ1n) is 4.97. The maximum atomic E-state index is 9.33. The van der Waals surface area contributed by atoms with Crippen molar-refractivity contribution in [2.75, 3.05) is 5.32 Å². The quantitative estimate of drug-likeness (QED) is 0.802. The van der Waals surface area contributed by atoms with Gasteiger partial charge in [-0.15, -0.1) is 0 Å².